The molecule has 0 aliphatic rings. The minimum atomic E-state index is 0.268. The molecule has 0 fully saturated rings. The Morgan fingerprint density at radius 1 is 1.28 bits per heavy atom. The van der Waals surface area contributed by atoms with Crippen molar-refractivity contribution in [2.75, 3.05) is 13.6 Å². The molecule has 0 saturated carbocycles. The highest BCUT2D eigenvalue weighted by Gasteiger charge is 2.14. The van der Waals surface area contributed by atoms with Crippen LogP contribution in [0.1, 0.15) is 44.7 Å². The lowest BCUT2D eigenvalue weighted by atomic mass is 10.1. The molecule has 0 heterocycles. The fraction of sp³-hybridized carbons (Fsp3) is 0.600. The van der Waals surface area contributed by atoms with Crippen LogP contribution in [0.3, 0.4) is 0 Å². The second-order valence-corrected chi connectivity index (χ2v) is 5.51. The molecule has 0 radical (unpaired) electrons. The quantitative estimate of drug-likeness (QED) is 0.814. The monoisotopic (exact) mass is 268 g/mol. The highest BCUT2D eigenvalue weighted by atomic mass is 35.5. The van der Waals surface area contributed by atoms with Gasteiger partial charge in [-0.25, -0.2) is 0 Å². The molecule has 0 bridgehead atoms. The molecule has 0 aliphatic carbocycles. The lowest BCUT2D eigenvalue weighted by Gasteiger charge is -2.28. The molecule has 2 atom stereocenters. The van der Waals surface area contributed by atoms with Gasteiger partial charge in [0.2, 0.25) is 0 Å². The van der Waals surface area contributed by atoms with Crippen LogP contribution in [-0.2, 0) is 0 Å². The van der Waals surface area contributed by atoms with Crippen LogP contribution in [0.15, 0.2) is 24.3 Å². The van der Waals surface area contributed by atoms with Crippen molar-refractivity contribution >= 4 is 11.6 Å². The van der Waals surface area contributed by atoms with E-state index in [4.69, 9.17) is 17.3 Å². The van der Waals surface area contributed by atoms with Gasteiger partial charge in [0.15, 0.2) is 0 Å². The zero-order valence-corrected chi connectivity index (χ0v) is 12.5. The molecule has 0 aromatic heterocycles. The number of nitrogens with two attached hydrogens (primary N) is 1. The van der Waals surface area contributed by atoms with E-state index in [0.29, 0.717) is 6.04 Å². The molecule has 0 spiro atoms. The Morgan fingerprint density at radius 3 is 2.44 bits per heavy atom. The minimum absolute atomic E-state index is 0.268. The molecular weight excluding hydrogens is 244 g/mol. The summed E-state index contributed by atoms with van der Waals surface area (Å²) < 4.78 is 0. The summed E-state index contributed by atoms with van der Waals surface area (Å²) in [5, 5.41) is 0.785. The number of hydrogen-bond acceptors (Lipinski definition) is 2. The van der Waals surface area contributed by atoms with E-state index < -0.39 is 0 Å². The van der Waals surface area contributed by atoms with Gasteiger partial charge in [0.05, 0.1) is 0 Å². The van der Waals surface area contributed by atoms with Crippen molar-refractivity contribution in [1.29, 1.82) is 0 Å². The van der Waals surface area contributed by atoms with Gasteiger partial charge in [-0.2, -0.15) is 0 Å². The van der Waals surface area contributed by atoms with Crippen molar-refractivity contribution in [2.24, 2.45) is 5.73 Å². The molecule has 0 amide bonds. The summed E-state index contributed by atoms with van der Waals surface area (Å²) in [5.41, 5.74) is 7.42. The van der Waals surface area contributed by atoms with Crippen molar-refractivity contribution in [1.82, 2.24) is 4.90 Å². The van der Waals surface area contributed by atoms with E-state index >= 15 is 0 Å². The number of likely N-dealkylation sites (N-methyl/N-ethyl adjacent to an activating group) is 1. The van der Waals surface area contributed by atoms with Crippen LogP contribution in [-0.4, -0.2) is 24.5 Å². The third-order valence-corrected chi connectivity index (χ3v) is 3.72. The average molecular weight is 269 g/mol. The number of halogens is 1. The van der Waals surface area contributed by atoms with E-state index in [0.717, 1.165) is 18.0 Å². The standard InChI is InChI=1S/C15H25ClN2/c1-4-5-6-15(17)11-18(3)12(2)13-7-9-14(16)10-8-13/h7-10,12,15H,4-6,11,17H2,1-3H3. The first-order valence-corrected chi connectivity index (χ1v) is 7.13. The Hall–Kier alpha value is -0.570. The number of nitrogens with zero attached hydrogens (tertiary/aromatic N) is 1. The summed E-state index contributed by atoms with van der Waals surface area (Å²) in [4.78, 5) is 2.31. The van der Waals surface area contributed by atoms with Gasteiger partial charge in [-0.1, -0.05) is 43.5 Å². The van der Waals surface area contributed by atoms with Crippen molar-refractivity contribution < 1.29 is 0 Å². The van der Waals surface area contributed by atoms with Crippen molar-refractivity contribution in [3.05, 3.63) is 34.9 Å². The second kappa shape index (κ2) is 7.78. The smallest absolute Gasteiger partial charge is 0.0406 e. The van der Waals surface area contributed by atoms with E-state index in [1.807, 2.05) is 12.1 Å². The molecular formula is C15H25ClN2. The summed E-state index contributed by atoms with van der Waals surface area (Å²) in [6, 6.07) is 8.69. The average Bonchev–Trinajstić information content (AvgIpc) is 2.36. The Labute approximate surface area is 116 Å². The van der Waals surface area contributed by atoms with Crippen LogP contribution in [0.5, 0.6) is 0 Å². The normalized spacial score (nSPS) is 14.8. The van der Waals surface area contributed by atoms with Gasteiger partial charge in [-0.3, -0.25) is 4.90 Å². The minimum Gasteiger partial charge on any atom is -0.327 e. The zero-order valence-electron chi connectivity index (χ0n) is 11.7. The predicted octanol–water partition coefficient (Wildman–Crippen LogP) is 3.85. The maximum absolute atomic E-state index is 6.14. The van der Waals surface area contributed by atoms with Gasteiger partial charge < -0.3 is 5.73 Å². The Bertz CT molecular complexity index is 337. The highest BCUT2D eigenvalue weighted by molar-refractivity contribution is 6.30. The summed E-state index contributed by atoms with van der Waals surface area (Å²) in [6.07, 6.45) is 3.53. The number of benzene rings is 1. The van der Waals surface area contributed by atoms with Crippen molar-refractivity contribution in [2.45, 2.75) is 45.2 Å². The summed E-state index contributed by atoms with van der Waals surface area (Å²) in [7, 11) is 2.13. The third-order valence-electron chi connectivity index (χ3n) is 3.46. The van der Waals surface area contributed by atoms with Gasteiger partial charge in [-0.05, 0) is 38.1 Å². The Kier molecular flexibility index (Phi) is 6.69. The topological polar surface area (TPSA) is 29.3 Å². The van der Waals surface area contributed by atoms with Crippen LogP contribution in [0.2, 0.25) is 5.02 Å². The fourth-order valence-electron chi connectivity index (χ4n) is 2.08. The fourth-order valence-corrected chi connectivity index (χ4v) is 2.21. The molecule has 1 rings (SSSR count). The SMILES string of the molecule is CCCCC(N)CN(C)C(C)c1ccc(Cl)cc1. The van der Waals surface area contributed by atoms with Crippen LogP contribution < -0.4 is 5.73 Å². The largest absolute Gasteiger partial charge is 0.327 e. The molecule has 1 aromatic rings. The highest BCUT2D eigenvalue weighted by Crippen LogP contribution is 2.21. The van der Waals surface area contributed by atoms with Gasteiger partial charge in [0, 0.05) is 23.7 Å². The summed E-state index contributed by atoms with van der Waals surface area (Å²) >= 11 is 5.90. The molecule has 2 N–H and O–H groups in total. The van der Waals surface area contributed by atoms with Crippen LogP contribution in [0.4, 0.5) is 0 Å². The van der Waals surface area contributed by atoms with Crippen LogP contribution in [0.25, 0.3) is 0 Å². The molecule has 0 saturated heterocycles. The van der Waals surface area contributed by atoms with Gasteiger partial charge >= 0.3 is 0 Å². The van der Waals surface area contributed by atoms with Crippen LogP contribution >= 0.6 is 11.6 Å². The number of rotatable bonds is 7. The van der Waals surface area contributed by atoms with E-state index in [-0.39, 0.29) is 6.04 Å². The molecule has 3 heteroatoms. The molecule has 1 aromatic carbocycles. The maximum atomic E-state index is 6.14. The van der Waals surface area contributed by atoms with Gasteiger partial charge in [0.1, 0.15) is 0 Å². The lowest BCUT2D eigenvalue weighted by molar-refractivity contribution is 0.240. The maximum Gasteiger partial charge on any atom is 0.0406 e. The Morgan fingerprint density at radius 2 is 1.89 bits per heavy atom. The molecule has 0 aliphatic heterocycles. The van der Waals surface area contributed by atoms with Gasteiger partial charge in [-0.15, -0.1) is 0 Å². The van der Waals surface area contributed by atoms with E-state index in [1.54, 1.807) is 0 Å². The first-order chi connectivity index (χ1) is 8.54. The second-order valence-electron chi connectivity index (χ2n) is 5.07. The number of unbranched alkanes of at least 4 members (excludes halogenated alkanes) is 1. The lowest BCUT2D eigenvalue weighted by Crippen LogP contribution is -2.36. The Balaban J connectivity index is 2.50. The van der Waals surface area contributed by atoms with E-state index in [2.05, 4.69) is 37.9 Å². The molecule has 18 heavy (non-hydrogen) atoms. The predicted molar refractivity (Wildman–Crippen MR) is 80.0 cm³/mol. The van der Waals surface area contributed by atoms with E-state index in [1.165, 1.54) is 18.4 Å². The first kappa shape index (κ1) is 15.5. The van der Waals surface area contributed by atoms with Crippen molar-refractivity contribution in [3.8, 4) is 0 Å². The third kappa shape index (κ3) is 4.97. The van der Waals surface area contributed by atoms with Gasteiger partial charge in [0.25, 0.3) is 0 Å². The molecule has 102 valence electrons. The van der Waals surface area contributed by atoms with Crippen molar-refractivity contribution in [3.63, 3.8) is 0 Å². The number of hydrogen-bond donors (Lipinski definition) is 1. The molecule has 2 nitrogen and oxygen atoms in total. The summed E-state index contributed by atoms with van der Waals surface area (Å²) in [5.74, 6) is 0. The summed E-state index contributed by atoms with van der Waals surface area (Å²) in [6.45, 7) is 5.34. The first-order valence-electron chi connectivity index (χ1n) is 6.75. The van der Waals surface area contributed by atoms with Crippen LogP contribution in [0, 0.1) is 0 Å². The zero-order chi connectivity index (χ0) is 13.5. The molecule has 2 unspecified atom stereocenters. The van der Waals surface area contributed by atoms with E-state index in [9.17, 15) is 0 Å².